The highest BCUT2D eigenvalue weighted by atomic mass is 16.6. The fraction of sp³-hybridized carbons (Fsp3) is 0.261. The number of ether oxygens (including phenoxy) is 2. The summed E-state index contributed by atoms with van der Waals surface area (Å²) in [6.45, 7) is 5.01. The zero-order valence-corrected chi connectivity index (χ0v) is 17.0. The van der Waals surface area contributed by atoms with Gasteiger partial charge >= 0.3 is 6.09 Å². The Morgan fingerprint density at radius 3 is 2.73 bits per heavy atom. The number of aromatic nitrogens is 2. The molecular formula is C23H24N4O3. The second kappa shape index (κ2) is 8.82. The van der Waals surface area contributed by atoms with Gasteiger partial charge in [-0.15, -0.1) is 0 Å². The lowest BCUT2D eigenvalue weighted by Gasteiger charge is -2.23. The number of hydrogen-bond acceptors (Lipinski definition) is 6. The predicted molar refractivity (Wildman–Crippen MR) is 115 cm³/mol. The van der Waals surface area contributed by atoms with Gasteiger partial charge in [-0.05, 0) is 41.8 Å². The van der Waals surface area contributed by atoms with Gasteiger partial charge in [0.15, 0.2) is 0 Å². The maximum atomic E-state index is 12.2. The van der Waals surface area contributed by atoms with Crippen molar-refractivity contribution in [2.75, 3.05) is 16.8 Å². The van der Waals surface area contributed by atoms with Crippen molar-refractivity contribution >= 4 is 17.9 Å². The first-order valence-electron chi connectivity index (χ1n) is 9.95. The summed E-state index contributed by atoms with van der Waals surface area (Å²) in [4.78, 5) is 22.6. The van der Waals surface area contributed by atoms with Gasteiger partial charge in [-0.3, -0.25) is 4.90 Å². The van der Waals surface area contributed by atoms with E-state index in [-0.39, 0.29) is 18.1 Å². The summed E-state index contributed by atoms with van der Waals surface area (Å²) in [5, 5.41) is 3.22. The molecule has 1 saturated heterocycles. The molecule has 1 atom stereocenters. The number of nitrogens with zero attached hydrogens (tertiary/aromatic N) is 3. The number of anilines is 2. The maximum absolute atomic E-state index is 12.2. The standard InChI is InChI=1S/C23H24N4O3/c1-16(2)20-15-29-23(28)27(20)21-11-12-24-22(26-21)25-14-17-7-6-10-19(13-17)30-18-8-4-3-5-9-18/h3-13,16,20H,14-15H2,1-2H3,(H,24,25,26). The summed E-state index contributed by atoms with van der Waals surface area (Å²) in [5.74, 6) is 2.79. The van der Waals surface area contributed by atoms with Gasteiger partial charge in [0, 0.05) is 12.7 Å². The van der Waals surface area contributed by atoms with Crippen LogP contribution < -0.4 is 15.0 Å². The quantitative estimate of drug-likeness (QED) is 0.606. The van der Waals surface area contributed by atoms with E-state index < -0.39 is 0 Å². The van der Waals surface area contributed by atoms with Gasteiger partial charge in [-0.25, -0.2) is 9.78 Å². The van der Waals surface area contributed by atoms with E-state index in [4.69, 9.17) is 9.47 Å². The normalized spacial score (nSPS) is 15.9. The number of hydrogen-bond donors (Lipinski definition) is 1. The van der Waals surface area contributed by atoms with Crippen LogP contribution >= 0.6 is 0 Å². The fourth-order valence-corrected chi connectivity index (χ4v) is 3.28. The van der Waals surface area contributed by atoms with Gasteiger partial charge in [-0.1, -0.05) is 44.2 Å². The highest BCUT2D eigenvalue weighted by molar-refractivity contribution is 5.89. The van der Waals surface area contributed by atoms with Crippen LogP contribution in [0, 0.1) is 5.92 Å². The number of para-hydroxylation sites is 1. The summed E-state index contributed by atoms with van der Waals surface area (Å²) in [6, 6.07) is 19.2. The summed E-state index contributed by atoms with van der Waals surface area (Å²) in [6.07, 6.45) is 1.27. The third-order valence-corrected chi connectivity index (χ3v) is 4.89. The molecule has 0 aliphatic carbocycles. The predicted octanol–water partition coefficient (Wildman–Crippen LogP) is 4.86. The fourth-order valence-electron chi connectivity index (χ4n) is 3.28. The largest absolute Gasteiger partial charge is 0.457 e. The molecule has 1 unspecified atom stereocenters. The third kappa shape index (κ3) is 4.51. The van der Waals surface area contributed by atoms with E-state index in [2.05, 4.69) is 29.1 Å². The van der Waals surface area contributed by atoms with Crippen LogP contribution in [0.2, 0.25) is 0 Å². The van der Waals surface area contributed by atoms with Gasteiger partial charge in [-0.2, -0.15) is 4.98 Å². The monoisotopic (exact) mass is 404 g/mol. The van der Waals surface area contributed by atoms with Crippen molar-refractivity contribution in [1.29, 1.82) is 0 Å². The molecule has 154 valence electrons. The van der Waals surface area contributed by atoms with E-state index in [1.807, 2.05) is 54.6 Å². The lowest BCUT2D eigenvalue weighted by molar-refractivity contribution is 0.177. The zero-order chi connectivity index (χ0) is 20.9. The van der Waals surface area contributed by atoms with Gasteiger partial charge in [0.1, 0.15) is 23.9 Å². The summed E-state index contributed by atoms with van der Waals surface area (Å²) in [5.41, 5.74) is 1.03. The van der Waals surface area contributed by atoms with Crippen LogP contribution in [0.4, 0.5) is 16.6 Å². The number of nitrogens with one attached hydrogen (secondary N) is 1. The van der Waals surface area contributed by atoms with Gasteiger partial charge < -0.3 is 14.8 Å². The molecule has 1 amide bonds. The molecule has 7 heteroatoms. The third-order valence-electron chi connectivity index (χ3n) is 4.89. The van der Waals surface area contributed by atoms with Crippen LogP contribution in [-0.2, 0) is 11.3 Å². The van der Waals surface area contributed by atoms with Crippen molar-refractivity contribution in [3.05, 3.63) is 72.4 Å². The highest BCUT2D eigenvalue weighted by Crippen LogP contribution is 2.26. The van der Waals surface area contributed by atoms with Gasteiger partial charge in [0.2, 0.25) is 5.95 Å². The molecule has 30 heavy (non-hydrogen) atoms. The molecule has 2 aromatic carbocycles. The van der Waals surface area contributed by atoms with E-state index in [1.165, 1.54) is 0 Å². The average molecular weight is 404 g/mol. The van der Waals surface area contributed by atoms with Crippen molar-refractivity contribution in [2.45, 2.75) is 26.4 Å². The number of carbonyl (C=O) groups excluding carboxylic acids is 1. The topological polar surface area (TPSA) is 76.6 Å². The molecule has 3 aromatic rings. The van der Waals surface area contributed by atoms with E-state index in [9.17, 15) is 4.79 Å². The van der Waals surface area contributed by atoms with E-state index in [0.29, 0.717) is 24.9 Å². The first kappa shape index (κ1) is 19.7. The lowest BCUT2D eigenvalue weighted by Crippen LogP contribution is -2.37. The molecule has 2 heterocycles. The minimum atomic E-state index is -0.371. The number of cyclic esters (lactones) is 1. The van der Waals surface area contributed by atoms with E-state index >= 15 is 0 Å². The van der Waals surface area contributed by atoms with Crippen LogP contribution in [0.3, 0.4) is 0 Å². The molecule has 1 aromatic heterocycles. The van der Waals surface area contributed by atoms with Crippen molar-refractivity contribution < 1.29 is 14.3 Å². The smallest absolute Gasteiger partial charge is 0.415 e. The molecule has 0 spiro atoms. The number of carbonyl (C=O) groups is 1. The Morgan fingerprint density at radius 1 is 1.13 bits per heavy atom. The molecule has 4 rings (SSSR count). The van der Waals surface area contributed by atoms with Crippen molar-refractivity contribution in [3.8, 4) is 11.5 Å². The van der Waals surface area contributed by atoms with Gasteiger partial charge in [0.05, 0.1) is 6.04 Å². The van der Waals surface area contributed by atoms with Crippen LogP contribution in [-0.4, -0.2) is 28.7 Å². The van der Waals surface area contributed by atoms with E-state index in [0.717, 1.165) is 17.1 Å². The average Bonchev–Trinajstić information content (AvgIpc) is 3.15. The number of benzene rings is 2. The molecule has 0 radical (unpaired) electrons. The Kier molecular flexibility index (Phi) is 5.79. The van der Waals surface area contributed by atoms with Crippen LogP contribution in [0.1, 0.15) is 19.4 Å². The van der Waals surface area contributed by atoms with Crippen molar-refractivity contribution in [2.24, 2.45) is 5.92 Å². The molecule has 7 nitrogen and oxygen atoms in total. The first-order chi connectivity index (χ1) is 14.6. The second-order valence-electron chi connectivity index (χ2n) is 7.41. The minimum absolute atomic E-state index is 0.0351. The van der Waals surface area contributed by atoms with E-state index in [1.54, 1.807) is 17.2 Å². The Morgan fingerprint density at radius 2 is 1.93 bits per heavy atom. The SMILES string of the molecule is CC(C)C1COC(=O)N1c1ccnc(NCc2cccc(Oc3ccccc3)c2)n1. The summed E-state index contributed by atoms with van der Waals surface area (Å²) in [7, 11) is 0. The molecule has 0 bridgehead atoms. The minimum Gasteiger partial charge on any atom is -0.457 e. The molecular weight excluding hydrogens is 380 g/mol. The highest BCUT2D eigenvalue weighted by Gasteiger charge is 2.37. The van der Waals surface area contributed by atoms with Crippen LogP contribution in [0.15, 0.2) is 66.9 Å². The summed E-state index contributed by atoms with van der Waals surface area (Å²) < 4.78 is 11.1. The van der Waals surface area contributed by atoms with Crippen LogP contribution in [0.25, 0.3) is 0 Å². The molecule has 1 aliphatic rings. The summed E-state index contributed by atoms with van der Waals surface area (Å²) >= 11 is 0. The lowest BCUT2D eigenvalue weighted by atomic mass is 10.0. The second-order valence-corrected chi connectivity index (χ2v) is 7.41. The maximum Gasteiger partial charge on any atom is 0.415 e. The molecule has 1 N–H and O–H groups in total. The zero-order valence-electron chi connectivity index (χ0n) is 17.0. The molecule has 1 aliphatic heterocycles. The van der Waals surface area contributed by atoms with Crippen LogP contribution in [0.5, 0.6) is 11.5 Å². The van der Waals surface area contributed by atoms with Crippen molar-refractivity contribution in [3.63, 3.8) is 0 Å². The van der Waals surface area contributed by atoms with Crippen molar-refractivity contribution in [1.82, 2.24) is 9.97 Å². The first-order valence-corrected chi connectivity index (χ1v) is 9.95. The number of rotatable bonds is 7. The molecule has 1 fully saturated rings. The Labute approximate surface area is 175 Å². The number of amides is 1. The Bertz CT molecular complexity index is 1010. The molecule has 0 saturated carbocycles. The van der Waals surface area contributed by atoms with Gasteiger partial charge in [0.25, 0.3) is 0 Å². The Hall–Kier alpha value is -3.61. The Balaban J connectivity index is 1.44.